The van der Waals surface area contributed by atoms with Gasteiger partial charge in [0.05, 0.1) is 0 Å². The molecule has 0 unspecified atom stereocenters. The van der Waals surface area contributed by atoms with Crippen molar-refractivity contribution in [2.45, 2.75) is 12.8 Å². The Morgan fingerprint density at radius 1 is 1.20 bits per heavy atom. The highest BCUT2D eigenvalue weighted by Gasteiger charge is 2.24. The van der Waals surface area contributed by atoms with Gasteiger partial charge in [-0.15, -0.1) is 0 Å². The lowest BCUT2D eigenvalue weighted by Crippen LogP contribution is -2.07. The van der Waals surface area contributed by atoms with Crippen molar-refractivity contribution < 1.29 is 13.3 Å². The van der Waals surface area contributed by atoms with Gasteiger partial charge >= 0.3 is 0 Å². The Hall–Kier alpha value is -2.50. The van der Waals surface area contributed by atoms with E-state index in [1.807, 2.05) is 0 Å². The number of nitrogens with one attached hydrogen (secondary N) is 1. The average Bonchev–Trinajstić information content (AvgIpc) is 2.82. The van der Waals surface area contributed by atoms with Gasteiger partial charge in [-0.3, -0.25) is 0 Å². The Morgan fingerprint density at radius 3 is 2.85 bits per heavy atom. The smallest absolute Gasteiger partial charge is 0.270 e. The number of hydrogen-bond acceptors (Lipinski definition) is 4. The van der Waals surface area contributed by atoms with Gasteiger partial charge in [-0.25, -0.2) is 13.8 Å². The van der Waals surface area contributed by atoms with Crippen molar-refractivity contribution in [3.63, 3.8) is 0 Å². The molecule has 102 valence electrons. The lowest BCUT2D eigenvalue weighted by atomic mass is 10.1. The molecule has 0 aliphatic heterocycles. The van der Waals surface area contributed by atoms with Crippen LogP contribution in [0.5, 0.6) is 0 Å². The number of halogens is 2. The Balaban J connectivity index is 1.95. The van der Waals surface area contributed by atoms with E-state index in [1.165, 1.54) is 12.1 Å². The second-order valence-electron chi connectivity index (χ2n) is 4.48. The van der Waals surface area contributed by atoms with Gasteiger partial charge < -0.3 is 9.84 Å². The topological polar surface area (TPSA) is 51.0 Å². The van der Waals surface area contributed by atoms with E-state index >= 15 is 0 Å². The second-order valence-corrected chi connectivity index (χ2v) is 4.48. The van der Waals surface area contributed by atoms with Crippen LogP contribution in [-0.4, -0.2) is 10.1 Å². The van der Waals surface area contributed by atoms with Crippen molar-refractivity contribution in [2.75, 3.05) is 5.32 Å². The van der Waals surface area contributed by atoms with Crippen LogP contribution in [0.25, 0.3) is 11.1 Å². The Bertz CT molecular complexity index is 749. The molecule has 0 radical (unpaired) electrons. The van der Waals surface area contributed by atoms with Crippen LogP contribution in [0.2, 0.25) is 0 Å². The fourth-order valence-corrected chi connectivity index (χ4v) is 1.87. The highest BCUT2D eigenvalue weighted by molar-refractivity contribution is 5.85. The van der Waals surface area contributed by atoms with E-state index < -0.39 is 5.92 Å². The van der Waals surface area contributed by atoms with Gasteiger partial charge in [0.1, 0.15) is 0 Å². The first-order chi connectivity index (χ1) is 9.54. The molecule has 0 saturated heterocycles. The van der Waals surface area contributed by atoms with Crippen molar-refractivity contribution in [1.82, 2.24) is 10.1 Å². The minimum absolute atomic E-state index is 0.0664. The van der Waals surface area contributed by atoms with Crippen LogP contribution >= 0.6 is 0 Å². The van der Waals surface area contributed by atoms with E-state index in [4.69, 9.17) is 4.52 Å². The molecule has 0 amide bonds. The third-order valence-corrected chi connectivity index (χ3v) is 2.86. The standard InChI is InChI=1S/C14H11F2N3O/c1-14(15,16)9-4-2-5-10(8-9)18-13-12-11(20-19-13)6-3-7-17-12/h2-8H,1H3,(H,18,19). The summed E-state index contributed by atoms with van der Waals surface area (Å²) in [5.74, 6) is -2.49. The first-order valence-electron chi connectivity index (χ1n) is 6.00. The first-order valence-corrected chi connectivity index (χ1v) is 6.00. The maximum atomic E-state index is 13.3. The molecule has 0 fully saturated rings. The summed E-state index contributed by atoms with van der Waals surface area (Å²) in [5.41, 5.74) is 1.53. The van der Waals surface area contributed by atoms with E-state index in [9.17, 15) is 8.78 Å². The van der Waals surface area contributed by atoms with Gasteiger partial charge in [0.25, 0.3) is 5.92 Å². The van der Waals surface area contributed by atoms with E-state index in [0.717, 1.165) is 6.92 Å². The largest absolute Gasteiger partial charge is 0.352 e. The minimum Gasteiger partial charge on any atom is -0.352 e. The lowest BCUT2D eigenvalue weighted by molar-refractivity contribution is 0.0175. The van der Waals surface area contributed by atoms with Crippen LogP contribution in [0.4, 0.5) is 20.3 Å². The lowest BCUT2D eigenvalue weighted by Gasteiger charge is -2.12. The molecule has 0 bridgehead atoms. The molecule has 20 heavy (non-hydrogen) atoms. The summed E-state index contributed by atoms with van der Waals surface area (Å²) in [6, 6.07) is 9.46. The predicted octanol–water partition coefficient (Wildman–Crippen LogP) is 4.08. The van der Waals surface area contributed by atoms with Crippen LogP contribution in [0, 0.1) is 0 Å². The van der Waals surface area contributed by atoms with Gasteiger partial charge in [-0.2, -0.15) is 0 Å². The third kappa shape index (κ3) is 2.32. The molecule has 1 N–H and O–H groups in total. The zero-order valence-electron chi connectivity index (χ0n) is 10.6. The number of hydrogen-bond donors (Lipinski definition) is 1. The number of alkyl halides is 2. The number of nitrogens with zero attached hydrogens (tertiary/aromatic N) is 2. The van der Waals surface area contributed by atoms with Crippen molar-refractivity contribution in [2.24, 2.45) is 0 Å². The van der Waals surface area contributed by atoms with Crippen molar-refractivity contribution in [3.05, 3.63) is 48.2 Å². The molecule has 0 atom stereocenters. The molecule has 2 aromatic heterocycles. The number of fused-ring (bicyclic) bond motifs is 1. The van der Waals surface area contributed by atoms with Crippen molar-refractivity contribution in [1.29, 1.82) is 0 Å². The van der Waals surface area contributed by atoms with Gasteiger partial charge in [0.2, 0.25) is 0 Å². The van der Waals surface area contributed by atoms with E-state index in [2.05, 4.69) is 15.5 Å². The van der Waals surface area contributed by atoms with E-state index in [-0.39, 0.29) is 5.56 Å². The molecular weight excluding hydrogens is 264 g/mol. The number of pyridine rings is 1. The number of rotatable bonds is 3. The van der Waals surface area contributed by atoms with Gasteiger partial charge in [-0.1, -0.05) is 17.3 Å². The SMILES string of the molecule is CC(F)(F)c1cccc(Nc2noc3cccnc23)c1. The fourth-order valence-electron chi connectivity index (χ4n) is 1.87. The molecule has 3 aromatic rings. The molecule has 0 aliphatic carbocycles. The maximum absolute atomic E-state index is 13.3. The van der Waals surface area contributed by atoms with Crippen LogP contribution in [-0.2, 0) is 5.92 Å². The average molecular weight is 275 g/mol. The summed E-state index contributed by atoms with van der Waals surface area (Å²) in [4.78, 5) is 4.14. The maximum Gasteiger partial charge on any atom is 0.270 e. The fraction of sp³-hybridized carbons (Fsp3) is 0.143. The van der Waals surface area contributed by atoms with Gasteiger partial charge in [0, 0.05) is 24.4 Å². The zero-order chi connectivity index (χ0) is 14.2. The highest BCUT2D eigenvalue weighted by Crippen LogP contribution is 2.30. The molecule has 3 rings (SSSR count). The molecule has 0 saturated carbocycles. The summed E-state index contributed by atoms with van der Waals surface area (Å²) in [6.07, 6.45) is 1.61. The van der Waals surface area contributed by atoms with Crippen LogP contribution < -0.4 is 5.32 Å². The van der Waals surface area contributed by atoms with Gasteiger partial charge in [-0.05, 0) is 24.3 Å². The molecule has 4 nitrogen and oxygen atoms in total. The summed E-state index contributed by atoms with van der Waals surface area (Å²) in [5, 5.41) is 6.79. The monoisotopic (exact) mass is 275 g/mol. The molecule has 0 aliphatic rings. The predicted molar refractivity (Wildman–Crippen MR) is 71.1 cm³/mol. The summed E-state index contributed by atoms with van der Waals surface area (Å²) < 4.78 is 31.7. The minimum atomic E-state index is -2.89. The van der Waals surface area contributed by atoms with Gasteiger partial charge in [0.15, 0.2) is 16.9 Å². The van der Waals surface area contributed by atoms with E-state index in [1.54, 1.807) is 30.5 Å². The Kier molecular flexibility index (Phi) is 2.85. The highest BCUT2D eigenvalue weighted by atomic mass is 19.3. The number of anilines is 2. The summed E-state index contributed by atoms with van der Waals surface area (Å²) in [6.45, 7) is 0.860. The Morgan fingerprint density at radius 2 is 2.05 bits per heavy atom. The van der Waals surface area contributed by atoms with Crippen molar-refractivity contribution in [3.8, 4) is 0 Å². The van der Waals surface area contributed by atoms with Crippen LogP contribution in [0.1, 0.15) is 12.5 Å². The second kappa shape index (κ2) is 4.56. The molecule has 6 heteroatoms. The molecule has 2 heterocycles. The summed E-state index contributed by atoms with van der Waals surface area (Å²) >= 11 is 0. The van der Waals surface area contributed by atoms with Crippen LogP contribution in [0.3, 0.4) is 0 Å². The third-order valence-electron chi connectivity index (χ3n) is 2.86. The quantitative estimate of drug-likeness (QED) is 0.782. The van der Waals surface area contributed by atoms with Crippen molar-refractivity contribution >= 4 is 22.6 Å². The number of benzene rings is 1. The van der Waals surface area contributed by atoms with E-state index in [0.29, 0.717) is 22.6 Å². The zero-order valence-corrected chi connectivity index (χ0v) is 10.6. The molecule has 1 aromatic carbocycles. The first kappa shape index (κ1) is 12.5. The van der Waals surface area contributed by atoms with Crippen LogP contribution in [0.15, 0.2) is 47.1 Å². The normalized spacial score (nSPS) is 11.8. The molecule has 0 spiro atoms. The number of aromatic nitrogens is 2. The molecular formula is C14H11F2N3O. The summed E-state index contributed by atoms with van der Waals surface area (Å²) in [7, 11) is 0. The Labute approximate surface area is 113 Å².